The van der Waals surface area contributed by atoms with E-state index in [0.29, 0.717) is 17.8 Å². The van der Waals surface area contributed by atoms with Crippen LogP contribution in [-0.2, 0) is 0 Å². The van der Waals surface area contributed by atoms with E-state index in [1.165, 1.54) is 0 Å². The highest BCUT2D eigenvalue weighted by Crippen LogP contribution is 2.32. The Morgan fingerprint density at radius 2 is 1.77 bits per heavy atom. The number of allylic oxidation sites excluding steroid dienone is 1. The van der Waals surface area contributed by atoms with Gasteiger partial charge in [-0.05, 0) is 24.8 Å². The van der Waals surface area contributed by atoms with Crippen LogP contribution in [-0.4, -0.2) is 25.1 Å². The van der Waals surface area contributed by atoms with Gasteiger partial charge in [0.05, 0.1) is 17.1 Å². The molecule has 0 fully saturated rings. The van der Waals surface area contributed by atoms with Gasteiger partial charge in [0.2, 0.25) is 0 Å². The number of fused-ring (bicyclic) bond motifs is 1. The summed E-state index contributed by atoms with van der Waals surface area (Å²) in [6.07, 6.45) is -5.00. The smallest absolute Gasteiger partial charge is 0.363 e. The number of anilines is 1. The summed E-state index contributed by atoms with van der Waals surface area (Å²) in [4.78, 5) is 6.93. The van der Waals surface area contributed by atoms with Crippen molar-refractivity contribution in [1.29, 1.82) is 0 Å². The highest BCUT2D eigenvalue weighted by molar-refractivity contribution is 6.16. The van der Waals surface area contributed by atoms with E-state index in [4.69, 9.17) is 4.99 Å². The summed E-state index contributed by atoms with van der Waals surface area (Å²) in [6.45, 7) is 10.1. The zero-order valence-electron chi connectivity index (χ0n) is 17.9. The molecule has 0 radical (unpaired) electrons. The third-order valence-electron chi connectivity index (χ3n) is 5.66. The number of halogens is 3. The van der Waals surface area contributed by atoms with Crippen LogP contribution in [0.1, 0.15) is 37.3 Å². The van der Waals surface area contributed by atoms with Gasteiger partial charge in [0, 0.05) is 30.3 Å². The topological polar surface area (TPSA) is 27.6 Å². The zero-order valence-corrected chi connectivity index (χ0v) is 17.9. The van der Waals surface area contributed by atoms with Gasteiger partial charge < -0.3 is 10.2 Å². The van der Waals surface area contributed by atoms with Crippen molar-refractivity contribution in [3.63, 3.8) is 0 Å². The van der Waals surface area contributed by atoms with Crippen molar-refractivity contribution in [3.8, 4) is 0 Å². The van der Waals surface area contributed by atoms with Crippen molar-refractivity contribution in [3.05, 3.63) is 90.3 Å². The number of likely N-dealkylation sites (N-methyl/N-ethyl adjacent to an activating group) is 1. The molecule has 164 valence electrons. The van der Waals surface area contributed by atoms with Crippen molar-refractivity contribution in [1.82, 2.24) is 5.32 Å². The second-order valence-electron chi connectivity index (χ2n) is 7.74. The maximum atomic E-state index is 12.7. The predicted molar refractivity (Wildman–Crippen MR) is 121 cm³/mol. The summed E-state index contributed by atoms with van der Waals surface area (Å²) in [5, 5.41) is 3.27. The lowest BCUT2D eigenvalue weighted by Gasteiger charge is -2.28. The number of hydrogen-bond donors (Lipinski definition) is 1. The number of nitrogens with zero attached hydrogens (tertiary/aromatic N) is 2. The fourth-order valence-electron chi connectivity index (χ4n) is 3.78. The van der Waals surface area contributed by atoms with Crippen LogP contribution in [0.5, 0.6) is 0 Å². The van der Waals surface area contributed by atoms with Gasteiger partial charge in [0.15, 0.2) is 6.17 Å². The third kappa shape index (κ3) is 5.37. The number of nitrogens with one attached hydrogen (secondary N) is 1. The highest BCUT2D eigenvalue weighted by Gasteiger charge is 2.30. The van der Waals surface area contributed by atoms with Crippen LogP contribution in [0.4, 0.5) is 18.9 Å². The molecule has 0 saturated carbocycles. The van der Waals surface area contributed by atoms with E-state index in [1.807, 2.05) is 73.5 Å². The van der Waals surface area contributed by atoms with Crippen LogP contribution in [0.25, 0.3) is 0 Å². The first-order chi connectivity index (χ1) is 14.7. The minimum atomic E-state index is -4.18. The molecule has 1 heterocycles. The lowest BCUT2D eigenvalue weighted by Crippen LogP contribution is -2.36. The molecule has 0 aliphatic carbocycles. The molecule has 2 aromatic rings. The van der Waals surface area contributed by atoms with Gasteiger partial charge in [0.25, 0.3) is 0 Å². The summed E-state index contributed by atoms with van der Waals surface area (Å²) < 4.78 is 38.2. The summed E-state index contributed by atoms with van der Waals surface area (Å²) in [7, 11) is 1.92. The van der Waals surface area contributed by atoms with Crippen molar-refractivity contribution in [2.24, 2.45) is 10.9 Å². The molecule has 0 spiro atoms. The summed E-state index contributed by atoms with van der Waals surface area (Å²) in [5.74, 6) is -0.305. The third-order valence-corrected chi connectivity index (χ3v) is 5.66. The Labute approximate surface area is 182 Å². The van der Waals surface area contributed by atoms with Crippen molar-refractivity contribution >= 4 is 11.4 Å². The van der Waals surface area contributed by atoms with Gasteiger partial charge in [-0.15, -0.1) is 0 Å². The number of benzene rings is 2. The molecule has 0 bridgehead atoms. The number of hydrogen-bond acceptors (Lipinski definition) is 3. The summed E-state index contributed by atoms with van der Waals surface area (Å²) in [6, 6.07) is 17.8. The molecule has 0 aromatic heterocycles. The van der Waals surface area contributed by atoms with E-state index < -0.39 is 18.8 Å². The van der Waals surface area contributed by atoms with Crippen LogP contribution in [0.3, 0.4) is 0 Å². The average molecular weight is 428 g/mol. The van der Waals surface area contributed by atoms with Gasteiger partial charge in [-0.1, -0.05) is 68.6 Å². The van der Waals surface area contributed by atoms with Gasteiger partial charge in [-0.3, -0.25) is 4.99 Å². The Bertz CT molecular complexity index is 963. The van der Waals surface area contributed by atoms with Gasteiger partial charge in [-0.2, -0.15) is 13.2 Å². The maximum Gasteiger partial charge on any atom is 0.389 e. The van der Waals surface area contributed by atoms with E-state index in [9.17, 15) is 13.2 Å². The number of para-hydroxylation sites is 1. The number of aliphatic imine (C=N–C) groups is 1. The summed E-state index contributed by atoms with van der Waals surface area (Å²) >= 11 is 0. The fraction of sp³-hybridized carbons (Fsp3) is 0.320. The molecule has 6 heteroatoms. The molecule has 0 amide bonds. The molecule has 31 heavy (non-hydrogen) atoms. The van der Waals surface area contributed by atoms with Gasteiger partial charge in [0.1, 0.15) is 0 Å². The molecule has 1 N–H and O–H groups in total. The van der Waals surface area contributed by atoms with E-state index >= 15 is 0 Å². The monoisotopic (exact) mass is 427 g/mol. The molecular weight excluding hydrogens is 399 g/mol. The second-order valence-corrected chi connectivity index (χ2v) is 7.74. The Balaban J connectivity index is 1.94. The standard InChI is InChI=1S/C25H28F3N3/c1-5-19(15-16-25(26,27)28)17(2)29-24-18(3)31(4)22-14-10-9-13-21(22)23(30-24)20-11-7-6-8-12-20/h6-14,19,24,29H,2-3,5,15-16H2,1,4H3. The van der Waals surface area contributed by atoms with Crippen molar-refractivity contribution in [2.45, 2.75) is 38.5 Å². The minimum absolute atomic E-state index is 0.00362. The van der Waals surface area contributed by atoms with Crippen LogP contribution in [0, 0.1) is 5.92 Å². The Kier molecular flexibility index (Phi) is 6.88. The highest BCUT2D eigenvalue weighted by atomic mass is 19.4. The molecule has 1 aliphatic heterocycles. The lowest BCUT2D eigenvalue weighted by molar-refractivity contribution is -0.137. The average Bonchev–Trinajstić information content (AvgIpc) is 2.85. The molecular formula is C25H28F3N3. The first kappa shape index (κ1) is 22.7. The van der Waals surface area contributed by atoms with Crippen LogP contribution < -0.4 is 10.2 Å². The van der Waals surface area contributed by atoms with Gasteiger partial charge >= 0.3 is 6.18 Å². The fourth-order valence-corrected chi connectivity index (χ4v) is 3.78. The largest absolute Gasteiger partial charge is 0.389 e. The number of benzodiazepines with no additional fused rings is 1. The molecule has 2 unspecified atom stereocenters. The van der Waals surface area contributed by atoms with Crippen LogP contribution in [0.2, 0.25) is 0 Å². The van der Waals surface area contributed by atoms with Crippen LogP contribution >= 0.6 is 0 Å². The van der Waals surface area contributed by atoms with Crippen molar-refractivity contribution < 1.29 is 13.2 Å². The summed E-state index contributed by atoms with van der Waals surface area (Å²) in [5.41, 5.74) is 4.94. The predicted octanol–water partition coefficient (Wildman–Crippen LogP) is 6.29. The van der Waals surface area contributed by atoms with E-state index in [0.717, 1.165) is 22.5 Å². The molecule has 2 atom stereocenters. The van der Waals surface area contributed by atoms with E-state index in [-0.39, 0.29) is 12.3 Å². The first-order valence-corrected chi connectivity index (χ1v) is 10.4. The molecule has 0 saturated heterocycles. The van der Waals surface area contributed by atoms with Crippen molar-refractivity contribution in [2.75, 3.05) is 11.9 Å². The van der Waals surface area contributed by atoms with E-state index in [1.54, 1.807) is 0 Å². The SMILES string of the molecule is C=C(NC1N=C(c2ccccc2)c2ccccc2N(C)C1=C)C(CC)CCC(F)(F)F. The Hall–Kier alpha value is -3.02. The first-order valence-electron chi connectivity index (χ1n) is 10.4. The molecule has 1 aliphatic rings. The zero-order chi connectivity index (χ0) is 22.6. The Morgan fingerprint density at radius 3 is 2.42 bits per heavy atom. The molecule has 2 aromatic carbocycles. The molecule has 3 rings (SSSR count). The second kappa shape index (κ2) is 9.41. The maximum absolute atomic E-state index is 12.7. The molecule has 3 nitrogen and oxygen atoms in total. The quantitative estimate of drug-likeness (QED) is 0.563. The normalized spacial score (nSPS) is 17.5. The lowest BCUT2D eigenvalue weighted by atomic mass is 9.96. The van der Waals surface area contributed by atoms with Crippen LogP contribution in [0.15, 0.2) is 84.1 Å². The van der Waals surface area contributed by atoms with Gasteiger partial charge in [-0.25, -0.2) is 0 Å². The Morgan fingerprint density at radius 1 is 1.13 bits per heavy atom. The minimum Gasteiger partial charge on any atom is -0.363 e. The number of rotatable bonds is 7. The van der Waals surface area contributed by atoms with E-state index in [2.05, 4.69) is 18.5 Å². The number of alkyl halides is 3.